The highest BCUT2D eigenvalue weighted by molar-refractivity contribution is 7.80. The van der Waals surface area contributed by atoms with Crippen molar-refractivity contribution in [2.24, 2.45) is 0 Å². The average molecular weight is 454 g/mol. The molecular weight excluding hydrogens is 426 g/mol. The molecule has 1 fully saturated rings. The zero-order chi connectivity index (χ0) is 22.9. The number of rotatable bonds is 5. The third-order valence-corrected chi connectivity index (χ3v) is 6.73. The highest BCUT2D eigenvalue weighted by Crippen LogP contribution is 2.42. The Hall–Kier alpha value is -3.51. The third-order valence-electron chi connectivity index (χ3n) is 6.38. The number of pyridine rings is 2. The van der Waals surface area contributed by atoms with Crippen LogP contribution < -0.4 is 5.32 Å². The van der Waals surface area contributed by atoms with Crippen LogP contribution in [0.4, 0.5) is 0 Å². The molecule has 4 aromatic rings. The summed E-state index contributed by atoms with van der Waals surface area (Å²) in [5.74, 6) is 0.969. The van der Waals surface area contributed by atoms with E-state index < -0.39 is 0 Å². The molecule has 1 aliphatic heterocycles. The SMILES string of the molecule is Cc1cccnc1-n1c(C)cc(C2C(c3ccccn3)NC(=S)N2Cc2ccccc2)c1C. The normalized spacial score (nSPS) is 17.9. The minimum Gasteiger partial charge on any atom is -0.352 e. The lowest BCUT2D eigenvalue weighted by molar-refractivity contribution is 0.310. The summed E-state index contributed by atoms with van der Waals surface area (Å²) in [6.45, 7) is 7.15. The van der Waals surface area contributed by atoms with E-state index in [-0.39, 0.29) is 12.1 Å². The maximum Gasteiger partial charge on any atom is 0.170 e. The Morgan fingerprint density at radius 2 is 1.67 bits per heavy atom. The molecule has 0 spiro atoms. The molecule has 0 saturated carbocycles. The number of aryl methyl sites for hydroxylation is 2. The van der Waals surface area contributed by atoms with Crippen LogP contribution >= 0.6 is 12.2 Å². The molecule has 4 heterocycles. The Labute approximate surface area is 200 Å². The summed E-state index contributed by atoms with van der Waals surface area (Å²) in [6, 6.07) is 22.9. The van der Waals surface area contributed by atoms with E-state index in [1.54, 1.807) is 0 Å². The van der Waals surface area contributed by atoms with Gasteiger partial charge in [0.2, 0.25) is 0 Å². The molecule has 0 aliphatic carbocycles. The van der Waals surface area contributed by atoms with E-state index in [9.17, 15) is 0 Å². The molecule has 0 bridgehead atoms. The van der Waals surface area contributed by atoms with Gasteiger partial charge < -0.3 is 14.8 Å². The van der Waals surface area contributed by atoms with Gasteiger partial charge in [0.1, 0.15) is 5.82 Å². The van der Waals surface area contributed by atoms with Gasteiger partial charge in [0.25, 0.3) is 0 Å². The monoisotopic (exact) mass is 453 g/mol. The first-order valence-corrected chi connectivity index (χ1v) is 11.6. The average Bonchev–Trinajstić information content (AvgIpc) is 3.30. The van der Waals surface area contributed by atoms with Gasteiger partial charge in [-0.05, 0) is 73.9 Å². The lowest BCUT2D eigenvalue weighted by Crippen LogP contribution is -2.29. The first kappa shape index (κ1) is 21.3. The molecular formula is C27H27N5S. The number of nitrogens with zero attached hydrogens (tertiary/aromatic N) is 4. The highest BCUT2D eigenvalue weighted by Gasteiger charge is 2.41. The Kier molecular flexibility index (Phi) is 5.68. The molecule has 33 heavy (non-hydrogen) atoms. The van der Waals surface area contributed by atoms with Crippen LogP contribution in [0.15, 0.2) is 79.1 Å². The van der Waals surface area contributed by atoms with Gasteiger partial charge in [-0.1, -0.05) is 42.5 Å². The zero-order valence-electron chi connectivity index (χ0n) is 19.1. The molecule has 5 rings (SSSR count). The summed E-state index contributed by atoms with van der Waals surface area (Å²) in [7, 11) is 0. The summed E-state index contributed by atoms with van der Waals surface area (Å²) in [6.07, 6.45) is 3.70. The quantitative estimate of drug-likeness (QED) is 0.412. The molecule has 166 valence electrons. The van der Waals surface area contributed by atoms with Crippen molar-refractivity contribution < 1.29 is 0 Å². The molecule has 1 aromatic carbocycles. The van der Waals surface area contributed by atoms with Crippen LogP contribution in [0.3, 0.4) is 0 Å². The van der Waals surface area contributed by atoms with Gasteiger partial charge in [0.15, 0.2) is 5.11 Å². The van der Waals surface area contributed by atoms with Gasteiger partial charge >= 0.3 is 0 Å². The molecule has 1 saturated heterocycles. The van der Waals surface area contributed by atoms with Crippen LogP contribution in [0.25, 0.3) is 5.82 Å². The van der Waals surface area contributed by atoms with Crippen LogP contribution in [-0.4, -0.2) is 24.5 Å². The molecule has 0 amide bonds. The second-order valence-electron chi connectivity index (χ2n) is 8.55. The summed E-state index contributed by atoms with van der Waals surface area (Å²) >= 11 is 5.86. The van der Waals surface area contributed by atoms with E-state index >= 15 is 0 Å². The molecule has 0 radical (unpaired) electrons. The van der Waals surface area contributed by atoms with Crippen molar-refractivity contribution in [3.8, 4) is 5.82 Å². The van der Waals surface area contributed by atoms with Crippen LogP contribution in [0, 0.1) is 20.8 Å². The van der Waals surface area contributed by atoms with Gasteiger partial charge in [-0.25, -0.2) is 4.98 Å². The molecule has 6 heteroatoms. The number of aromatic nitrogens is 3. The van der Waals surface area contributed by atoms with Crippen molar-refractivity contribution in [1.82, 2.24) is 24.8 Å². The van der Waals surface area contributed by atoms with E-state index in [1.165, 1.54) is 16.8 Å². The number of hydrogen-bond donors (Lipinski definition) is 1. The Bertz CT molecular complexity index is 1280. The lowest BCUT2D eigenvalue weighted by atomic mass is 9.96. The predicted octanol–water partition coefficient (Wildman–Crippen LogP) is 5.37. The van der Waals surface area contributed by atoms with Gasteiger partial charge in [0.05, 0.1) is 17.8 Å². The number of hydrogen-bond acceptors (Lipinski definition) is 3. The van der Waals surface area contributed by atoms with E-state index in [1.807, 2.05) is 36.7 Å². The molecule has 1 N–H and O–H groups in total. The van der Waals surface area contributed by atoms with Crippen molar-refractivity contribution >= 4 is 17.3 Å². The second kappa shape index (κ2) is 8.79. The fourth-order valence-corrected chi connectivity index (χ4v) is 5.12. The maximum atomic E-state index is 5.86. The summed E-state index contributed by atoms with van der Waals surface area (Å²) in [5.41, 5.74) is 6.91. The fraction of sp³-hybridized carbons (Fsp3) is 0.222. The fourth-order valence-electron chi connectivity index (χ4n) is 4.82. The summed E-state index contributed by atoms with van der Waals surface area (Å²) < 4.78 is 2.25. The van der Waals surface area contributed by atoms with Gasteiger partial charge in [-0.3, -0.25) is 4.98 Å². The van der Waals surface area contributed by atoms with Crippen molar-refractivity contribution in [3.05, 3.63) is 113 Å². The summed E-state index contributed by atoms with van der Waals surface area (Å²) in [4.78, 5) is 11.7. The van der Waals surface area contributed by atoms with Crippen LogP contribution in [0.1, 0.15) is 45.9 Å². The minimum atomic E-state index is -0.0406. The van der Waals surface area contributed by atoms with Crippen LogP contribution in [-0.2, 0) is 6.54 Å². The van der Waals surface area contributed by atoms with Crippen LogP contribution in [0.2, 0.25) is 0 Å². The minimum absolute atomic E-state index is 0.0107. The summed E-state index contributed by atoms with van der Waals surface area (Å²) in [5, 5.41) is 4.31. The highest BCUT2D eigenvalue weighted by atomic mass is 32.1. The van der Waals surface area contributed by atoms with E-state index in [2.05, 4.69) is 88.0 Å². The van der Waals surface area contributed by atoms with Crippen molar-refractivity contribution in [2.75, 3.05) is 0 Å². The second-order valence-corrected chi connectivity index (χ2v) is 8.93. The van der Waals surface area contributed by atoms with Crippen LogP contribution in [0.5, 0.6) is 0 Å². The van der Waals surface area contributed by atoms with Gasteiger partial charge in [0, 0.05) is 30.3 Å². The van der Waals surface area contributed by atoms with Gasteiger partial charge in [-0.15, -0.1) is 0 Å². The number of benzene rings is 1. The van der Waals surface area contributed by atoms with Gasteiger partial charge in [-0.2, -0.15) is 0 Å². The van der Waals surface area contributed by atoms with Crippen molar-refractivity contribution in [1.29, 1.82) is 0 Å². The van der Waals surface area contributed by atoms with E-state index in [0.717, 1.165) is 34.4 Å². The number of nitrogens with one attached hydrogen (secondary N) is 1. The third kappa shape index (κ3) is 3.91. The number of thiocarbonyl (C=S) groups is 1. The smallest absolute Gasteiger partial charge is 0.170 e. The molecule has 3 aromatic heterocycles. The zero-order valence-corrected chi connectivity index (χ0v) is 19.9. The molecule has 2 unspecified atom stereocenters. The molecule has 2 atom stereocenters. The van der Waals surface area contributed by atoms with Crippen molar-refractivity contribution in [2.45, 2.75) is 39.4 Å². The van der Waals surface area contributed by atoms with Crippen molar-refractivity contribution in [3.63, 3.8) is 0 Å². The predicted molar refractivity (Wildman–Crippen MR) is 135 cm³/mol. The largest absolute Gasteiger partial charge is 0.352 e. The first-order chi connectivity index (χ1) is 16.0. The van der Waals surface area contributed by atoms with E-state index in [0.29, 0.717) is 0 Å². The topological polar surface area (TPSA) is 46.0 Å². The maximum absolute atomic E-state index is 5.86. The Balaban J connectivity index is 1.63. The Morgan fingerprint density at radius 1 is 0.909 bits per heavy atom. The lowest BCUT2D eigenvalue weighted by Gasteiger charge is -2.28. The molecule has 1 aliphatic rings. The van der Waals surface area contributed by atoms with E-state index in [4.69, 9.17) is 12.2 Å². The standard InChI is InChI=1S/C27H27N5S/c1-18-10-9-15-29-26(18)32-19(2)16-22(20(32)3)25-24(23-13-7-8-14-28-23)30-27(33)31(25)17-21-11-5-4-6-12-21/h4-16,24-25H,17H2,1-3H3,(H,30,33). The first-order valence-electron chi connectivity index (χ1n) is 11.2. The Morgan fingerprint density at radius 3 is 2.39 bits per heavy atom. The molecule has 5 nitrogen and oxygen atoms in total.